The minimum atomic E-state index is -0.00855. The number of tetrazole rings is 1. The van der Waals surface area contributed by atoms with E-state index in [1.165, 1.54) is 0 Å². The number of benzene rings is 1. The van der Waals surface area contributed by atoms with Crippen LogP contribution in [-0.2, 0) is 6.54 Å². The summed E-state index contributed by atoms with van der Waals surface area (Å²) in [5.74, 6) is 0.582. The first-order valence-corrected chi connectivity index (χ1v) is 6.32. The van der Waals surface area contributed by atoms with Crippen LogP contribution in [0.25, 0.3) is 0 Å². The zero-order valence-electron chi connectivity index (χ0n) is 9.41. The van der Waals surface area contributed by atoms with Gasteiger partial charge in [0.25, 0.3) is 0 Å². The van der Waals surface area contributed by atoms with Crippen LogP contribution in [0.3, 0.4) is 0 Å². The second-order valence-corrected chi connectivity index (χ2v) is 4.86. The van der Waals surface area contributed by atoms with Gasteiger partial charge in [-0.1, -0.05) is 46.1 Å². The molecule has 1 unspecified atom stereocenters. The van der Waals surface area contributed by atoms with E-state index in [1.54, 1.807) is 6.07 Å². The largest absolute Gasteiger partial charge is 0.303 e. The highest BCUT2D eigenvalue weighted by molar-refractivity contribution is 6.48. The summed E-state index contributed by atoms with van der Waals surface area (Å²) in [6, 6.07) is 3.55. The van der Waals surface area contributed by atoms with Gasteiger partial charge in [0.05, 0.1) is 21.6 Å². The third kappa shape index (κ3) is 2.92. The van der Waals surface area contributed by atoms with Gasteiger partial charge in [0.1, 0.15) is 0 Å². The average Bonchev–Trinajstić information content (AvgIpc) is 2.86. The molecule has 0 aliphatic rings. The lowest BCUT2D eigenvalue weighted by Crippen LogP contribution is -2.19. The predicted octanol–water partition coefficient (Wildman–Crippen LogP) is 3.01. The fraction of sp³-hybridized carbons (Fsp3) is 0.300. The molecule has 0 aliphatic heterocycles. The van der Waals surface area contributed by atoms with Crippen LogP contribution in [0, 0.1) is 0 Å². The van der Waals surface area contributed by atoms with Crippen LogP contribution >= 0.6 is 34.8 Å². The average molecular weight is 307 g/mol. The lowest BCUT2D eigenvalue weighted by Gasteiger charge is -2.15. The van der Waals surface area contributed by atoms with Crippen molar-refractivity contribution in [2.75, 3.05) is 0 Å². The van der Waals surface area contributed by atoms with Gasteiger partial charge in [-0.05, 0) is 18.6 Å². The molecule has 2 rings (SSSR count). The number of nitrogens with zero attached hydrogens (tertiary/aromatic N) is 3. The van der Waals surface area contributed by atoms with E-state index in [2.05, 4.69) is 25.9 Å². The normalized spacial score (nSPS) is 12.7. The summed E-state index contributed by atoms with van der Waals surface area (Å²) >= 11 is 18.0. The fourth-order valence-corrected chi connectivity index (χ4v) is 2.19. The zero-order valence-corrected chi connectivity index (χ0v) is 11.7. The summed E-state index contributed by atoms with van der Waals surface area (Å²) < 4.78 is 0. The van der Waals surface area contributed by atoms with Crippen molar-refractivity contribution in [3.05, 3.63) is 38.6 Å². The van der Waals surface area contributed by atoms with E-state index in [0.717, 1.165) is 5.56 Å². The number of hydrogen-bond acceptors (Lipinski definition) is 4. The van der Waals surface area contributed by atoms with Crippen molar-refractivity contribution in [2.24, 2.45) is 0 Å². The fourth-order valence-electron chi connectivity index (χ4n) is 1.49. The molecule has 2 N–H and O–H groups in total. The Balaban J connectivity index is 2.09. The number of rotatable bonds is 4. The monoisotopic (exact) mass is 305 g/mol. The number of aromatic amines is 1. The lowest BCUT2D eigenvalue weighted by molar-refractivity contribution is 0.560. The van der Waals surface area contributed by atoms with Gasteiger partial charge < -0.3 is 5.32 Å². The lowest BCUT2D eigenvalue weighted by atomic mass is 10.1. The molecule has 1 aromatic carbocycles. The number of hydrogen-bond donors (Lipinski definition) is 2. The van der Waals surface area contributed by atoms with Gasteiger partial charge in [-0.25, -0.2) is 0 Å². The van der Waals surface area contributed by atoms with Crippen LogP contribution in [0.1, 0.15) is 24.4 Å². The standard InChI is InChI=1S/C10H10Cl3N5/c1-5(14-4-8-15-17-18-16-8)6-2-3-7(11)10(13)9(6)12/h2-3,5,14H,4H2,1H3,(H,15,16,17,18). The van der Waals surface area contributed by atoms with Crippen LogP contribution in [0.2, 0.25) is 15.1 Å². The van der Waals surface area contributed by atoms with Crippen molar-refractivity contribution in [2.45, 2.75) is 19.5 Å². The van der Waals surface area contributed by atoms with Gasteiger partial charge in [-0.2, -0.15) is 5.21 Å². The van der Waals surface area contributed by atoms with Crippen LogP contribution in [0.5, 0.6) is 0 Å². The molecule has 0 bridgehead atoms. The molecule has 0 saturated carbocycles. The molecule has 1 heterocycles. The third-order valence-corrected chi connectivity index (χ3v) is 3.80. The van der Waals surface area contributed by atoms with Crippen LogP contribution in [0.15, 0.2) is 12.1 Å². The van der Waals surface area contributed by atoms with E-state index in [0.29, 0.717) is 27.4 Å². The Labute approximate surface area is 119 Å². The summed E-state index contributed by atoms with van der Waals surface area (Å²) in [6.45, 7) is 2.44. The molecule has 0 amide bonds. The zero-order chi connectivity index (χ0) is 13.1. The Morgan fingerprint density at radius 2 is 2.06 bits per heavy atom. The molecule has 8 heteroatoms. The van der Waals surface area contributed by atoms with E-state index in [4.69, 9.17) is 34.8 Å². The number of nitrogens with one attached hydrogen (secondary N) is 2. The molecule has 0 spiro atoms. The van der Waals surface area contributed by atoms with Crippen molar-refractivity contribution in [1.29, 1.82) is 0 Å². The van der Waals surface area contributed by atoms with Crippen molar-refractivity contribution < 1.29 is 0 Å². The van der Waals surface area contributed by atoms with E-state index in [9.17, 15) is 0 Å². The van der Waals surface area contributed by atoms with Crippen LogP contribution in [-0.4, -0.2) is 20.6 Å². The van der Waals surface area contributed by atoms with Gasteiger partial charge >= 0.3 is 0 Å². The van der Waals surface area contributed by atoms with Gasteiger partial charge in [0.2, 0.25) is 0 Å². The Morgan fingerprint density at radius 3 is 2.72 bits per heavy atom. The van der Waals surface area contributed by atoms with Crippen molar-refractivity contribution >= 4 is 34.8 Å². The number of H-pyrrole nitrogens is 1. The maximum Gasteiger partial charge on any atom is 0.188 e. The van der Waals surface area contributed by atoms with E-state index in [-0.39, 0.29) is 6.04 Å². The Hall–Kier alpha value is -0.880. The molecule has 18 heavy (non-hydrogen) atoms. The van der Waals surface area contributed by atoms with Gasteiger partial charge in [0.15, 0.2) is 5.82 Å². The van der Waals surface area contributed by atoms with Crippen molar-refractivity contribution in [1.82, 2.24) is 25.9 Å². The molecule has 0 radical (unpaired) electrons. The second kappa shape index (κ2) is 5.84. The van der Waals surface area contributed by atoms with Gasteiger partial charge in [0, 0.05) is 6.04 Å². The first kappa shape index (κ1) is 13.5. The Morgan fingerprint density at radius 1 is 1.28 bits per heavy atom. The number of halogens is 3. The maximum absolute atomic E-state index is 6.15. The Kier molecular flexibility index (Phi) is 4.40. The second-order valence-electron chi connectivity index (χ2n) is 3.70. The van der Waals surface area contributed by atoms with Crippen LogP contribution < -0.4 is 5.32 Å². The molecule has 1 atom stereocenters. The molecule has 5 nitrogen and oxygen atoms in total. The van der Waals surface area contributed by atoms with Gasteiger partial charge in [-0.3, -0.25) is 0 Å². The molecular weight excluding hydrogens is 297 g/mol. The van der Waals surface area contributed by atoms with Crippen molar-refractivity contribution in [3.8, 4) is 0 Å². The predicted molar refractivity (Wildman–Crippen MR) is 70.9 cm³/mol. The quantitative estimate of drug-likeness (QED) is 0.852. The highest BCUT2D eigenvalue weighted by Crippen LogP contribution is 2.35. The molecule has 2 aromatic rings. The summed E-state index contributed by atoms with van der Waals surface area (Å²) in [5, 5.41) is 18.0. The molecular formula is C10H10Cl3N5. The smallest absolute Gasteiger partial charge is 0.188 e. The molecule has 96 valence electrons. The highest BCUT2D eigenvalue weighted by Gasteiger charge is 2.14. The number of aromatic nitrogens is 4. The van der Waals surface area contributed by atoms with E-state index >= 15 is 0 Å². The van der Waals surface area contributed by atoms with Crippen LogP contribution in [0.4, 0.5) is 0 Å². The highest BCUT2D eigenvalue weighted by atomic mass is 35.5. The SMILES string of the molecule is CC(NCc1nn[nH]n1)c1ccc(Cl)c(Cl)c1Cl. The Bertz CT molecular complexity index is 529. The summed E-state index contributed by atoms with van der Waals surface area (Å²) in [6.07, 6.45) is 0. The molecule has 0 saturated heterocycles. The van der Waals surface area contributed by atoms with E-state index in [1.807, 2.05) is 13.0 Å². The van der Waals surface area contributed by atoms with E-state index < -0.39 is 0 Å². The summed E-state index contributed by atoms with van der Waals surface area (Å²) in [5.41, 5.74) is 0.870. The first-order chi connectivity index (χ1) is 8.59. The molecule has 0 fully saturated rings. The first-order valence-electron chi connectivity index (χ1n) is 5.18. The minimum Gasteiger partial charge on any atom is -0.303 e. The molecule has 1 aromatic heterocycles. The summed E-state index contributed by atoms with van der Waals surface area (Å²) in [4.78, 5) is 0. The van der Waals surface area contributed by atoms with Crippen molar-refractivity contribution in [3.63, 3.8) is 0 Å². The molecule has 0 aliphatic carbocycles. The minimum absolute atomic E-state index is 0.00855. The van der Waals surface area contributed by atoms with Gasteiger partial charge in [-0.15, -0.1) is 10.2 Å². The third-order valence-electron chi connectivity index (χ3n) is 2.49. The summed E-state index contributed by atoms with van der Waals surface area (Å²) in [7, 11) is 0. The topological polar surface area (TPSA) is 66.5 Å². The maximum atomic E-state index is 6.15.